The number of ether oxygens (including phenoxy) is 1. The van der Waals surface area contributed by atoms with Crippen LogP contribution in [0.2, 0.25) is 0 Å². The predicted octanol–water partition coefficient (Wildman–Crippen LogP) is 3.93. The van der Waals surface area contributed by atoms with Gasteiger partial charge in [0, 0.05) is 5.75 Å². The molecule has 11 heteroatoms. The molecular weight excluding hydrogens is 518 g/mol. The second-order valence-corrected chi connectivity index (χ2v) is 9.44. The van der Waals surface area contributed by atoms with Gasteiger partial charge in [-0.1, -0.05) is 73.3 Å². The van der Waals surface area contributed by atoms with Crippen molar-refractivity contribution in [1.29, 1.82) is 0 Å². The Morgan fingerprint density at radius 2 is 1.78 bits per heavy atom. The molecule has 2 amide bonds. The number of β-lactam (4-membered cyclic amide) rings is 1. The molecule has 0 unspecified atom stereocenters. The Hall–Kier alpha value is -3.89. The number of benzene rings is 2. The molecule has 2 N–H and O–H groups in total. The van der Waals surface area contributed by atoms with Crippen molar-refractivity contribution < 1.29 is 24.2 Å². The maximum absolute atomic E-state index is 13.5. The summed E-state index contributed by atoms with van der Waals surface area (Å²) in [5.74, 6) is -3.21. The van der Waals surface area contributed by atoms with Crippen LogP contribution >= 0.6 is 23.4 Å². The zero-order chi connectivity index (χ0) is 26.5. The fourth-order valence-electron chi connectivity index (χ4n) is 4.03. The average molecular weight is 540 g/mol. The number of fused-ring (bicyclic) bond motifs is 1. The van der Waals surface area contributed by atoms with E-state index >= 15 is 0 Å². The summed E-state index contributed by atoms with van der Waals surface area (Å²) in [4.78, 5) is 51.3. The highest BCUT2D eigenvalue weighted by atomic mass is 35.5. The highest BCUT2D eigenvalue weighted by Gasteiger charge is 2.54. The van der Waals surface area contributed by atoms with Crippen LogP contribution in [0.5, 0.6) is 0 Å². The van der Waals surface area contributed by atoms with Crippen LogP contribution in [0.25, 0.3) is 0 Å². The lowest BCUT2D eigenvalue weighted by atomic mass is 10.0. The molecule has 4 rings (SSSR count). The van der Waals surface area contributed by atoms with E-state index in [2.05, 4.69) is 17.1 Å². The summed E-state index contributed by atoms with van der Waals surface area (Å²) in [7, 11) is 0. The molecule has 1 fully saturated rings. The van der Waals surface area contributed by atoms with Crippen LogP contribution in [0.15, 0.2) is 101 Å². The van der Waals surface area contributed by atoms with Crippen molar-refractivity contribution >= 4 is 41.1 Å². The number of aliphatic hydroxyl groups excluding tert-OH is 1. The number of nitrogens with one attached hydrogen (secondary N) is 1. The summed E-state index contributed by atoms with van der Waals surface area (Å²) in [6.07, 6.45) is 0.771. The van der Waals surface area contributed by atoms with Gasteiger partial charge in [-0.25, -0.2) is 4.79 Å². The van der Waals surface area contributed by atoms with Gasteiger partial charge in [0.1, 0.15) is 22.9 Å². The monoisotopic (exact) mass is 539 g/mol. The summed E-state index contributed by atoms with van der Waals surface area (Å²) in [5.41, 5.74) is 1.25. The van der Waals surface area contributed by atoms with Gasteiger partial charge < -0.3 is 15.2 Å². The first-order valence-corrected chi connectivity index (χ1v) is 12.7. The molecule has 0 bridgehead atoms. The second kappa shape index (κ2) is 11.4. The van der Waals surface area contributed by atoms with E-state index in [0.29, 0.717) is 11.3 Å². The maximum Gasteiger partial charge on any atom is 0.356 e. The average Bonchev–Trinajstić information content (AvgIpc) is 2.94. The van der Waals surface area contributed by atoms with Gasteiger partial charge in [-0.3, -0.25) is 14.5 Å². The van der Waals surface area contributed by atoms with E-state index in [1.54, 1.807) is 0 Å². The number of alkyl halides is 1. The largest absolute Gasteiger partial charge is 0.508 e. The number of hydrogen-bond donors (Lipinski definition) is 2. The number of nitroso groups, excluding NO2 is 1. The molecule has 2 aliphatic rings. The van der Waals surface area contributed by atoms with Crippen LogP contribution < -0.4 is 5.32 Å². The lowest BCUT2D eigenvalue weighted by molar-refractivity contribution is -0.154. The van der Waals surface area contributed by atoms with Crippen molar-refractivity contribution in [1.82, 2.24) is 10.2 Å². The van der Waals surface area contributed by atoms with Gasteiger partial charge in [-0.15, -0.1) is 28.3 Å². The second-order valence-electron chi connectivity index (χ2n) is 8.07. The van der Waals surface area contributed by atoms with Crippen LogP contribution in [0.4, 0.5) is 0 Å². The fraction of sp³-hybridized carbons (Fsp3) is 0.192. The van der Waals surface area contributed by atoms with Crippen molar-refractivity contribution in [2.75, 3.05) is 11.6 Å². The molecule has 0 saturated carbocycles. The molecule has 190 valence electrons. The number of nitrogens with zero attached hydrogens (tertiary/aromatic N) is 2. The zero-order valence-corrected chi connectivity index (χ0v) is 20.9. The van der Waals surface area contributed by atoms with Gasteiger partial charge in [-0.2, -0.15) is 0 Å². The Bertz CT molecular complexity index is 1260. The van der Waals surface area contributed by atoms with Gasteiger partial charge in [0.05, 0.1) is 5.88 Å². The van der Waals surface area contributed by atoms with Gasteiger partial charge in [0.2, 0.25) is 5.70 Å². The molecule has 0 radical (unpaired) electrons. The minimum absolute atomic E-state index is 0.0407. The number of esters is 1. The van der Waals surface area contributed by atoms with E-state index in [0.717, 1.165) is 11.1 Å². The molecule has 2 heterocycles. The summed E-state index contributed by atoms with van der Waals surface area (Å²) in [6.45, 7) is 3.77. The van der Waals surface area contributed by atoms with E-state index in [1.807, 2.05) is 60.7 Å². The van der Waals surface area contributed by atoms with Crippen LogP contribution in [-0.2, 0) is 19.1 Å². The van der Waals surface area contributed by atoms with E-state index in [-0.39, 0.29) is 5.70 Å². The molecule has 2 aromatic rings. The van der Waals surface area contributed by atoms with Crippen LogP contribution in [0.3, 0.4) is 0 Å². The zero-order valence-electron chi connectivity index (χ0n) is 19.4. The van der Waals surface area contributed by atoms with Crippen LogP contribution in [0, 0.1) is 4.91 Å². The minimum atomic E-state index is -1.05. The number of aliphatic hydroxyl groups is 1. The number of rotatable bonds is 9. The third-order valence-corrected chi connectivity index (χ3v) is 7.42. The van der Waals surface area contributed by atoms with E-state index in [9.17, 15) is 24.4 Å². The highest BCUT2D eigenvalue weighted by Crippen LogP contribution is 2.42. The van der Waals surface area contributed by atoms with E-state index in [1.165, 1.54) is 22.7 Å². The van der Waals surface area contributed by atoms with Gasteiger partial charge in [-0.05, 0) is 21.9 Å². The third-order valence-electron chi connectivity index (χ3n) is 5.86. The smallest absolute Gasteiger partial charge is 0.356 e. The standard InChI is InChI=1S/C26H22ClN3O6S/c1-2-15-14-37-25-20(28-23(32)19(29-35)18(31)13-27)24(33)30(25)21(15)26(34)36-22(16-9-5-3-6-10-16)17-11-7-4-8-12-17/h2-12,20,22,25,31H,1,13-14H2,(H,28,32)/b19-18+/t20-,25-/m1/s1. The fourth-order valence-corrected chi connectivity index (χ4v) is 5.50. The molecule has 0 aliphatic carbocycles. The number of allylic oxidation sites excluding steroid dienone is 2. The Labute approximate surface area is 221 Å². The lowest BCUT2D eigenvalue weighted by Crippen LogP contribution is -2.70. The molecule has 2 aromatic carbocycles. The van der Waals surface area contributed by atoms with Gasteiger partial charge >= 0.3 is 5.97 Å². The van der Waals surface area contributed by atoms with Crippen molar-refractivity contribution in [3.05, 3.63) is 112 Å². The Morgan fingerprint density at radius 1 is 1.19 bits per heavy atom. The first kappa shape index (κ1) is 26.2. The van der Waals surface area contributed by atoms with Crippen LogP contribution in [0.1, 0.15) is 17.2 Å². The topological polar surface area (TPSA) is 125 Å². The summed E-state index contributed by atoms with van der Waals surface area (Å²) in [6, 6.07) is 17.4. The number of halogens is 1. The summed E-state index contributed by atoms with van der Waals surface area (Å²) >= 11 is 6.78. The Balaban J connectivity index is 1.59. The first-order valence-electron chi connectivity index (χ1n) is 11.1. The number of thioether (sulfide) groups is 1. The van der Waals surface area contributed by atoms with E-state index in [4.69, 9.17) is 16.3 Å². The van der Waals surface area contributed by atoms with Crippen molar-refractivity contribution in [2.45, 2.75) is 17.5 Å². The number of carbonyl (C=O) groups is 3. The van der Waals surface area contributed by atoms with Crippen molar-refractivity contribution in [3.63, 3.8) is 0 Å². The molecule has 2 aliphatic heterocycles. The van der Waals surface area contributed by atoms with Crippen molar-refractivity contribution in [3.8, 4) is 0 Å². The van der Waals surface area contributed by atoms with Crippen LogP contribution in [-0.4, -0.2) is 50.8 Å². The van der Waals surface area contributed by atoms with Gasteiger partial charge in [0.25, 0.3) is 11.8 Å². The van der Waals surface area contributed by atoms with E-state index < -0.39 is 52.6 Å². The quantitative estimate of drug-likeness (QED) is 0.123. The SMILES string of the molecule is C=CC1=C(C(=O)OC(c2ccccc2)c2ccccc2)N2C(=O)[C@@H](NC(=O)/C(N=O)=C(\O)CCl)[C@H]2SC1. The molecule has 1 saturated heterocycles. The minimum Gasteiger partial charge on any atom is -0.508 e. The molecule has 0 aromatic heterocycles. The highest BCUT2D eigenvalue weighted by molar-refractivity contribution is 8.00. The Kier molecular flexibility index (Phi) is 8.10. The normalized spacial score (nSPS) is 19.4. The summed E-state index contributed by atoms with van der Waals surface area (Å²) < 4.78 is 5.97. The number of carbonyl (C=O) groups excluding carboxylic acids is 3. The lowest BCUT2D eigenvalue weighted by Gasteiger charge is -2.49. The Morgan fingerprint density at radius 3 is 2.30 bits per heavy atom. The molecule has 37 heavy (non-hydrogen) atoms. The first-order chi connectivity index (χ1) is 17.9. The number of amides is 2. The maximum atomic E-state index is 13.5. The number of hydrogen-bond acceptors (Lipinski definition) is 8. The third kappa shape index (κ3) is 5.16. The summed E-state index contributed by atoms with van der Waals surface area (Å²) in [5, 5.41) is 13.9. The van der Waals surface area contributed by atoms with Crippen molar-refractivity contribution in [2.24, 2.45) is 5.18 Å². The predicted molar refractivity (Wildman–Crippen MR) is 139 cm³/mol. The molecule has 9 nitrogen and oxygen atoms in total. The molecule has 2 atom stereocenters. The molecular formula is C26H22ClN3O6S. The molecule has 0 spiro atoms. The van der Waals surface area contributed by atoms with Gasteiger partial charge in [0.15, 0.2) is 6.10 Å².